The number of ether oxygens (including phenoxy) is 1. The molecule has 0 spiro atoms. The number of piperazine rings is 1. The Kier molecular flexibility index (Phi) is 5.32. The SMILES string of the molecule is CCNCC1CCC(CN2CCN(CC3CC3)CC2)O1. The molecule has 2 atom stereocenters. The van der Waals surface area contributed by atoms with E-state index in [4.69, 9.17) is 4.74 Å². The molecule has 0 radical (unpaired) electrons. The smallest absolute Gasteiger partial charge is 0.0707 e. The molecular weight excluding hydrogens is 250 g/mol. The van der Waals surface area contributed by atoms with Gasteiger partial charge in [-0.05, 0) is 38.1 Å². The van der Waals surface area contributed by atoms with Gasteiger partial charge in [0.15, 0.2) is 0 Å². The molecule has 3 fully saturated rings. The van der Waals surface area contributed by atoms with Crippen LogP contribution in [0.25, 0.3) is 0 Å². The van der Waals surface area contributed by atoms with Crippen molar-refractivity contribution in [2.45, 2.75) is 44.8 Å². The lowest BCUT2D eigenvalue weighted by Crippen LogP contribution is -2.49. The summed E-state index contributed by atoms with van der Waals surface area (Å²) in [6.07, 6.45) is 6.37. The van der Waals surface area contributed by atoms with Crippen LogP contribution in [-0.4, -0.2) is 74.4 Å². The molecule has 3 aliphatic rings. The van der Waals surface area contributed by atoms with Gasteiger partial charge in [-0.1, -0.05) is 6.92 Å². The zero-order valence-corrected chi connectivity index (χ0v) is 13.0. The second-order valence-electron chi connectivity index (χ2n) is 6.81. The van der Waals surface area contributed by atoms with E-state index in [0.29, 0.717) is 12.2 Å². The summed E-state index contributed by atoms with van der Waals surface area (Å²) in [5.41, 5.74) is 0. The van der Waals surface area contributed by atoms with Gasteiger partial charge in [-0.2, -0.15) is 0 Å². The minimum absolute atomic E-state index is 0.455. The lowest BCUT2D eigenvalue weighted by atomic mass is 10.1. The van der Waals surface area contributed by atoms with Crippen LogP contribution in [0.2, 0.25) is 0 Å². The summed E-state index contributed by atoms with van der Waals surface area (Å²) < 4.78 is 6.15. The van der Waals surface area contributed by atoms with Crippen LogP contribution in [0, 0.1) is 5.92 Å². The third kappa shape index (κ3) is 4.42. The highest BCUT2D eigenvalue weighted by molar-refractivity contribution is 4.83. The van der Waals surface area contributed by atoms with Gasteiger partial charge in [0.25, 0.3) is 0 Å². The second-order valence-corrected chi connectivity index (χ2v) is 6.81. The van der Waals surface area contributed by atoms with Crippen LogP contribution >= 0.6 is 0 Å². The third-order valence-corrected chi connectivity index (χ3v) is 4.96. The van der Waals surface area contributed by atoms with Crippen LogP contribution in [0.4, 0.5) is 0 Å². The first-order chi connectivity index (χ1) is 9.83. The highest BCUT2D eigenvalue weighted by atomic mass is 16.5. The van der Waals surface area contributed by atoms with Gasteiger partial charge in [0, 0.05) is 45.8 Å². The predicted molar refractivity (Wildman–Crippen MR) is 82.0 cm³/mol. The molecule has 20 heavy (non-hydrogen) atoms. The minimum atomic E-state index is 0.455. The van der Waals surface area contributed by atoms with Crippen molar-refractivity contribution in [3.05, 3.63) is 0 Å². The fourth-order valence-electron chi connectivity index (χ4n) is 3.48. The fraction of sp³-hybridized carbons (Fsp3) is 1.00. The summed E-state index contributed by atoms with van der Waals surface area (Å²) >= 11 is 0. The van der Waals surface area contributed by atoms with E-state index in [9.17, 15) is 0 Å². The molecule has 116 valence electrons. The number of hydrogen-bond donors (Lipinski definition) is 1. The van der Waals surface area contributed by atoms with Gasteiger partial charge < -0.3 is 15.0 Å². The van der Waals surface area contributed by atoms with Crippen LogP contribution in [0.3, 0.4) is 0 Å². The molecule has 0 bridgehead atoms. The Balaban J connectivity index is 1.31. The third-order valence-electron chi connectivity index (χ3n) is 4.96. The Morgan fingerprint density at radius 2 is 1.55 bits per heavy atom. The number of likely N-dealkylation sites (N-methyl/N-ethyl adjacent to an activating group) is 1. The normalized spacial score (nSPS) is 32.9. The minimum Gasteiger partial charge on any atom is -0.372 e. The molecule has 2 aliphatic heterocycles. The summed E-state index contributed by atoms with van der Waals surface area (Å²) in [6.45, 7) is 11.8. The summed E-state index contributed by atoms with van der Waals surface area (Å²) in [7, 11) is 0. The van der Waals surface area contributed by atoms with E-state index in [-0.39, 0.29) is 0 Å². The Labute approximate surface area is 123 Å². The second kappa shape index (κ2) is 7.21. The Morgan fingerprint density at radius 3 is 2.20 bits per heavy atom. The molecule has 2 heterocycles. The standard InChI is InChI=1S/C16H31N3O/c1-2-17-11-15-5-6-16(20-15)13-19-9-7-18(8-10-19)12-14-3-4-14/h14-17H,2-13H2,1H3. The lowest BCUT2D eigenvalue weighted by molar-refractivity contribution is 0.0125. The van der Waals surface area contributed by atoms with Crippen LogP contribution in [0.1, 0.15) is 32.6 Å². The number of nitrogens with zero attached hydrogens (tertiary/aromatic N) is 2. The number of hydrogen-bond acceptors (Lipinski definition) is 4. The molecule has 2 saturated heterocycles. The average molecular weight is 281 g/mol. The summed E-state index contributed by atoms with van der Waals surface area (Å²) in [4.78, 5) is 5.28. The quantitative estimate of drug-likeness (QED) is 0.758. The lowest BCUT2D eigenvalue weighted by Gasteiger charge is -2.35. The van der Waals surface area contributed by atoms with E-state index in [1.54, 1.807) is 0 Å². The van der Waals surface area contributed by atoms with Crippen molar-refractivity contribution in [3.63, 3.8) is 0 Å². The van der Waals surface area contributed by atoms with Gasteiger partial charge in [-0.15, -0.1) is 0 Å². The van der Waals surface area contributed by atoms with Gasteiger partial charge in [-0.3, -0.25) is 4.90 Å². The van der Waals surface area contributed by atoms with E-state index >= 15 is 0 Å². The first-order valence-electron chi connectivity index (χ1n) is 8.64. The topological polar surface area (TPSA) is 27.7 Å². The maximum absolute atomic E-state index is 6.15. The zero-order chi connectivity index (χ0) is 13.8. The molecule has 4 heteroatoms. The first kappa shape index (κ1) is 14.8. The largest absolute Gasteiger partial charge is 0.372 e. The Morgan fingerprint density at radius 1 is 0.900 bits per heavy atom. The fourth-order valence-corrected chi connectivity index (χ4v) is 3.48. The molecule has 1 aliphatic carbocycles. The van der Waals surface area contributed by atoms with Crippen molar-refractivity contribution in [2.24, 2.45) is 5.92 Å². The molecule has 3 rings (SSSR count). The van der Waals surface area contributed by atoms with Gasteiger partial charge in [0.05, 0.1) is 12.2 Å². The van der Waals surface area contributed by atoms with Crippen molar-refractivity contribution in [1.82, 2.24) is 15.1 Å². The van der Waals surface area contributed by atoms with Gasteiger partial charge in [0.1, 0.15) is 0 Å². The molecular formula is C16H31N3O. The van der Waals surface area contributed by atoms with Crippen LogP contribution in [0.15, 0.2) is 0 Å². The van der Waals surface area contributed by atoms with Crippen molar-refractivity contribution in [2.75, 3.05) is 52.4 Å². The molecule has 0 aromatic heterocycles. The molecule has 0 aromatic rings. The molecule has 1 N–H and O–H groups in total. The molecule has 1 saturated carbocycles. The van der Waals surface area contributed by atoms with Gasteiger partial charge in [-0.25, -0.2) is 0 Å². The zero-order valence-electron chi connectivity index (χ0n) is 13.0. The van der Waals surface area contributed by atoms with E-state index in [0.717, 1.165) is 25.6 Å². The van der Waals surface area contributed by atoms with Crippen molar-refractivity contribution >= 4 is 0 Å². The van der Waals surface area contributed by atoms with Crippen LogP contribution in [-0.2, 0) is 4.74 Å². The highest BCUT2D eigenvalue weighted by Gasteiger charge is 2.29. The number of rotatable bonds is 7. The van der Waals surface area contributed by atoms with Crippen molar-refractivity contribution in [1.29, 1.82) is 0 Å². The van der Waals surface area contributed by atoms with Gasteiger partial charge >= 0.3 is 0 Å². The first-order valence-corrected chi connectivity index (χ1v) is 8.64. The molecule has 0 amide bonds. The van der Waals surface area contributed by atoms with E-state index in [1.165, 1.54) is 58.4 Å². The Bertz CT molecular complexity index is 287. The maximum Gasteiger partial charge on any atom is 0.0707 e. The van der Waals surface area contributed by atoms with Gasteiger partial charge in [0.2, 0.25) is 0 Å². The highest BCUT2D eigenvalue weighted by Crippen LogP contribution is 2.30. The predicted octanol–water partition coefficient (Wildman–Crippen LogP) is 1.17. The number of nitrogens with one attached hydrogen (secondary N) is 1. The molecule has 2 unspecified atom stereocenters. The van der Waals surface area contributed by atoms with Crippen LogP contribution in [0.5, 0.6) is 0 Å². The molecule has 0 aromatic carbocycles. The van der Waals surface area contributed by atoms with E-state index in [2.05, 4.69) is 22.0 Å². The van der Waals surface area contributed by atoms with E-state index in [1.807, 2.05) is 0 Å². The molecule has 4 nitrogen and oxygen atoms in total. The van der Waals surface area contributed by atoms with Crippen molar-refractivity contribution < 1.29 is 4.74 Å². The maximum atomic E-state index is 6.15. The summed E-state index contributed by atoms with van der Waals surface area (Å²) in [5, 5.41) is 3.40. The average Bonchev–Trinajstić information content (AvgIpc) is 3.17. The van der Waals surface area contributed by atoms with E-state index < -0.39 is 0 Å². The summed E-state index contributed by atoms with van der Waals surface area (Å²) in [6, 6.07) is 0. The summed E-state index contributed by atoms with van der Waals surface area (Å²) in [5.74, 6) is 1.03. The Hall–Kier alpha value is -0.160. The van der Waals surface area contributed by atoms with Crippen molar-refractivity contribution in [3.8, 4) is 0 Å². The monoisotopic (exact) mass is 281 g/mol. The van der Waals surface area contributed by atoms with Crippen LogP contribution < -0.4 is 5.32 Å².